The van der Waals surface area contributed by atoms with Gasteiger partial charge in [-0.1, -0.05) is 0 Å². The minimum absolute atomic E-state index is 0.146. The molecule has 0 bridgehead atoms. The Kier molecular flexibility index (Phi) is 3.15. The largest absolute Gasteiger partial charge is 0.504 e. The molecule has 0 aliphatic rings. The van der Waals surface area contributed by atoms with Crippen LogP contribution >= 0.6 is 0 Å². The maximum atomic E-state index is 11.9. The second-order valence-corrected chi connectivity index (χ2v) is 3.91. The highest BCUT2D eigenvalue weighted by atomic mass is 16.3. The van der Waals surface area contributed by atoms with E-state index in [2.05, 4.69) is 5.32 Å². The third-order valence-corrected chi connectivity index (χ3v) is 2.54. The molecule has 0 radical (unpaired) electrons. The summed E-state index contributed by atoms with van der Waals surface area (Å²) in [5.74, 6) is -2.52. The number of phenolic OH excluding ortho intramolecular Hbond substituents is 3. The number of rotatable bonds is 2. The van der Waals surface area contributed by atoms with E-state index in [-0.39, 0.29) is 5.56 Å². The summed E-state index contributed by atoms with van der Waals surface area (Å²) in [4.78, 5) is 11.9. The van der Waals surface area contributed by atoms with Gasteiger partial charge in [-0.05, 0) is 36.4 Å². The number of aromatic hydroxyl groups is 3. The van der Waals surface area contributed by atoms with Gasteiger partial charge in [-0.15, -0.1) is 0 Å². The number of phenols is 3. The zero-order chi connectivity index (χ0) is 14.0. The average molecular weight is 260 g/mol. The van der Waals surface area contributed by atoms with Crippen LogP contribution in [0.1, 0.15) is 10.4 Å². The van der Waals surface area contributed by atoms with Gasteiger partial charge in [0.2, 0.25) is 5.75 Å². The van der Waals surface area contributed by atoms with Crippen molar-refractivity contribution < 1.29 is 20.1 Å². The maximum absolute atomic E-state index is 11.9. The molecule has 0 aromatic heterocycles. The monoisotopic (exact) mass is 260 g/mol. The van der Waals surface area contributed by atoms with Gasteiger partial charge in [0, 0.05) is 11.4 Å². The second kappa shape index (κ2) is 4.77. The van der Waals surface area contributed by atoms with Gasteiger partial charge in [0.1, 0.15) is 0 Å². The Morgan fingerprint density at radius 2 is 1.58 bits per heavy atom. The number of nitrogen functional groups attached to an aromatic ring is 1. The molecule has 0 aliphatic carbocycles. The van der Waals surface area contributed by atoms with E-state index in [1.165, 1.54) is 6.07 Å². The molecule has 0 fully saturated rings. The third kappa shape index (κ3) is 2.52. The van der Waals surface area contributed by atoms with E-state index in [1.54, 1.807) is 24.3 Å². The molecule has 1 amide bonds. The van der Waals surface area contributed by atoms with Crippen molar-refractivity contribution in [1.29, 1.82) is 0 Å². The third-order valence-electron chi connectivity index (χ3n) is 2.54. The molecule has 0 unspecified atom stereocenters. The number of hydrogen-bond acceptors (Lipinski definition) is 5. The molecule has 0 saturated carbocycles. The van der Waals surface area contributed by atoms with Crippen molar-refractivity contribution in [1.82, 2.24) is 0 Å². The van der Waals surface area contributed by atoms with Gasteiger partial charge >= 0.3 is 0 Å². The lowest BCUT2D eigenvalue weighted by Crippen LogP contribution is -2.12. The van der Waals surface area contributed by atoms with Gasteiger partial charge in [-0.2, -0.15) is 0 Å². The van der Waals surface area contributed by atoms with Gasteiger partial charge in [-0.3, -0.25) is 4.79 Å². The van der Waals surface area contributed by atoms with E-state index in [0.717, 1.165) is 6.07 Å². The van der Waals surface area contributed by atoms with Crippen LogP contribution in [-0.2, 0) is 0 Å². The number of benzene rings is 2. The van der Waals surface area contributed by atoms with Crippen LogP contribution in [-0.4, -0.2) is 21.2 Å². The van der Waals surface area contributed by atoms with Gasteiger partial charge in [0.25, 0.3) is 5.91 Å². The molecule has 0 spiro atoms. The van der Waals surface area contributed by atoms with Crippen LogP contribution in [0.25, 0.3) is 0 Å². The molecular formula is C13H12N2O4. The topological polar surface area (TPSA) is 116 Å². The number of amides is 1. The zero-order valence-electron chi connectivity index (χ0n) is 9.79. The Bertz CT molecular complexity index is 623. The van der Waals surface area contributed by atoms with E-state index in [1.807, 2.05) is 0 Å². The van der Waals surface area contributed by atoms with Crippen molar-refractivity contribution in [3.05, 3.63) is 42.0 Å². The number of nitrogens with one attached hydrogen (secondary N) is 1. The molecule has 0 saturated heterocycles. The van der Waals surface area contributed by atoms with Gasteiger partial charge in [0.15, 0.2) is 11.5 Å². The Morgan fingerprint density at radius 1 is 0.947 bits per heavy atom. The first kappa shape index (κ1) is 12.6. The Morgan fingerprint density at radius 3 is 2.21 bits per heavy atom. The lowest BCUT2D eigenvalue weighted by molar-refractivity contribution is 0.102. The summed E-state index contributed by atoms with van der Waals surface area (Å²) in [5.41, 5.74) is 6.42. The summed E-state index contributed by atoms with van der Waals surface area (Å²) in [7, 11) is 0. The fourth-order valence-electron chi connectivity index (χ4n) is 1.52. The maximum Gasteiger partial charge on any atom is 0.259 e. The molecule has 2 aromatic rings. The standard InChI is InChI=1S/C13H12N2O4/c14-7-1-3-8(4-2-7)15-13(19)9-5-6-10(16)12(18)11(9)17/h1-6,16-18H,14H2,(H,15,19). The molecule has 6 heteroatoms. The quantitative estimate of drug-likeness (QED) is 0.416. The Balaban J connectivity index is 2.25. The minimum atomic E-state index is -0.732. The number of hydrogen-bond donors (Lipinski definition) is 5. The average Bonchev–Trinajstić information content (AvgIpc) is 2.39. The summed E-state index contributed by atoms with van der Waals surface area (Å²) in [6, 6.07) is 8.76. The van der Waals surface area contributed by atoms with Gasteiger partial charge < -0.3 is 26.4 Å². The normalized spacial score (nSPS) is 10.1. The molecule has 0 aliphatic heterocycles. The molecule has 6 nitrogen and oxygen atoms in total. The molecule has 0 heterocycles. The second-order valence-electron chi connectivity index (χ2n) is 3.91. The molecule has 2 aromatic carbocycles. The van der Waals surface area contributed by atoms with Crippen LogP contribution in [0.15, 0.2) is 36.4 Å². The predicted octanol–water partition coefficient (Wildman–Crippen LogP) is 1.64. The van der Waals surface area contributed by atoms with Crippen molar-refractivity contribution in [3.63, 3.8) is 0 Å². The summed E-state index contributed by atoms with van der Waals surface area (Å²) >= 11 is 0. The highest BCUT2D eigenvalue weighted by molar-refractivity contribution is 6.06. The van der Waals surface area contributed by atoms with Crippen LogP contribution in [0.3, 0.4) is 0 Å². The fourth-order valence-corrected chi connectivity index (χ4v) is 1.52. The summed E-state index contributed by atoms with van der Waals surface area (Å²) in [6.07, 6.45) is 0. The minimum Gasteiger partial charge on any atom is -0.504 e. The van der Waals surface area contributed by atoms with E-state index in [4.69, 9.17) is 5.73 Å². The van der Waals surface area contributed by atoms with Crippen molar-refractivity contribution in [2.75, 3.05) is 11.1 Å². The predicted molar refractivity (Wildman–Crippen MR) is 70.2 cm³/mol. The van der Waals surface area contributed by atoms with E-state index < -0.39 is 23.2 Å². The molecule has 0 atom stereocenters. The summed E-state index contributed by atoms with van der Waals surface area (Å²) < 4.78 is 0. The first-order valence-corrected chi connectivity index (χ1v) is 5.40. The highest BCUT2D eigenvalue weighted by Gasteiger charge is 2.17. The van der Waals surface area contributed by atoms with E-state index >= 15 is 0 Å². The first-order chi connectivity index (χ1) is 8.99. The van der Waals surface area contributed by atoms with Crippen LogP contribution in [0.2, 0.25) is 0 Å². The van der Waals surface area contributed by atoms with E-state index in [9.17, 15) is 20.1 Å². The summed E-state index contributed by atoms with van der Waals surface area (Å²) in [5, 5.41) is 30.6. The number of carbonyl (C=O) groups excluding carboxylic acids is 1. The van der Waals surface area contributed by atoms with Crippen LogP contribution < -0.4 is 11.1 Å². The van der Waals surface area contributed by atoms with Gasteiger partial charge in [-0.25, -0.2) is 0 Å². The van der Waals surface area contributed by atoms with Crippen LogP contribution in [0, 0.1) is 0 Å². The Hall–Kier alpha value is -2.89. The SMILES string of the molecule is Nc1ccc(NC(=O)c2ccc(O)c(O)c2O)cc1. The van der Waals surface area contributed by atoms with E-state index in [0.29, 0.717) is 11.4 Å². The van der Waals surface area contributed by atoms with Gasteiger partial charge in [0.05, 0.1) is 5.56 Å². The summed E-state index contributed by atoms with van der Waals surface area (Å²) in [6.45, 7) is 0. The molecule has 6 N–H and O–H groups in total. The number of carbonyl (C=O) groups is 1. The van der Waals surface area contributed by atoms with Crippen molar-refractivity contribution >= 4 is 17.3 Å². The molecule has 19 heavy (non-hydrogen) atoms. The molecule has 2 rings (SSSR count). The van der Waals surface area contributed by atoms with Crippen LogP contribution in [0.5, 0.6) is 17.2 Å². The Labute approximate surface area is 108 Å². The van der Waals surface area contributed by atoms with Crippen molar-refractivity contribution in [2.45, 2.75) is 0 Å². The smallest absolute Gasteiger partial charge is 0.259 e. The van der Waals surface area contributed by atoms with Crippen molar-refractivity contribution in [3.8, 4) is 17.2 Å². The number of nitrogens with two attached hydrogens (primary N) is 1. The fraction of sp³-hybridized carbons (Fsp3) is 0. The lowest BCUT2D eigenvalue weighted by atomic mass is 10.1. The lowest BCUT2D eigenvalue weighted by Gasteiger charge is -2.08. The molecular weight excluding hydrogens is 248 g/mol. The molecule has 98 valence electrons. The van der Waals surface area contributed by atoms with Crippen LogP contribution in [0.4, 0.5) is 11.4 Å². The van der Waals surface area contributed by atoms with Crippen molar-refractivity contribution in [2.24, 2.45) is 0 Å². The zero-order valence-corrected chi connectivity index (χ0v) is 9.79. The first-order valence-electron chi connectivity index (χ1n) is 5.40. The highest BCUT2D eigenvalue weighted by Crippen LogP contribution is 2.37. The number of anilines is 2.